The van der Waals surface area contributed by atoms with Crippen molar-refractivity contribution >= 4 is 50.3 Å². The zero-order chi connectivity index (χ0) is 42.4. The number of hydrogen-bond acceptors (Lipinski definition) is 20. The van der Waals surface area contributed by atoms with Crippen molar-refractivity contribution in [2.75, 3.05) is 51.0 Å². The zero-order valence-electron chi connectivity index (χ0n) is 30.7. The minimum absolute atomic E-state index is 0.00641. The number of amides is 1. The van der Waals surface area contributed by atoms with Gasteiger partial charge in [0.2, 0.25) is 5.91 Å². The van der Waals surface area contributed by atoms with Gasteiger partial charge in [0.05, 0.1) is 26.1 Å². The normalized spacial score (nSPS) is 25.8. The van der Waals surface area contributed by atoms with Gasteiger partial charge in [0.15, 0.2) is 30.0 Å². The number of esters is 1. The maximum atomic E-state index is 13.5. The Morgan fingerprint density at radius 2 is 1.69 bits per heavy atom. The van der Waals surface area contributed by atoms with Crippen LogP contribution in [0.15, 0.2) is 42.4 Å². The lowest BCUT2D eigenvalue weighted by atomic mass is 10.1. The number of fused-ring (bicyclic) bond motifs is 1. The fourth-order valence-electron chi connectivity index (χ4n) is 5.98. The fraction of sp³-hybridized carbons (Fsp3) is 0.567. The van der Waals surface area contributed by atoms with Crippen LogP contribution in [0, 0.1) is 0 Å². The fourth-order valence-corrected chi connectivity index (χ4v) is 7.29. The standard InChI is InChI=1S/C30H43N9O17P2/c1-3-5-6-19(40)37(9-10-50-4-2)11-20(41)55-24-16(53-29(22(24)42)39-15-35-21-26(32)33-14-34-27(21)39)13-52-58(48,49)56-25-17(12-51-57(45,46)47)54-28(23(25)43)38-8-7-18(31)36-30(38)44/h3,7-8,14-17,22-25,28-29,42-43H,1,4-6,9-13H2,2H3,(H,48,49)(H2,31,36,44)(H2,32,33,34)(H2,45,46,47)/t16-,17-,22-,23-,24-,25-,28-,29-/m1/s1. The number of imidazole rings is 1. The molecule has 28 heteroatoms. The number of phosphoric acid groups is 2. The Hall–Kier alpha value is -4.27. The SMILES string of the molecule is C=CCCC(=O)N(CCOCC)CC(=O)O[C@H]1[C@@H](O)[C@H](n2cnc3c(N)ncnc32)O[C@@H]1COP(=O)(O)O[C@H]1[C@@H](O)[C@H](n2ccc(N)nc2=O)O[C@@H]1COP(=O)(O)O. The van der Waals surface area contributed by atoms with Crippen molar-refractivity contribution in [2.45, 2.75) is 68.8 Å². The highest BCUT2D eigenvalue weighted by Gasteiger charge is 2.52. The van der Waals surface area contributed by atoms with Gasteiger partial charge in [0.1, 0.15) is 54.7 Å². The van der Waals surface area contributed by atoms with Gasteiger partial charge in [-0.3, -0.25) is 32.3 Å². The van der Waals surface area contributed by atoms with Crippen LogP contribution in [0.1, 0.15) is 32.2 Å². The minimum Gasteiger partial charge on any atom is -0.455 e. The van der Waals surface area contributed by atoms with Gasteiger partial charge in [-0.2, -0.15) is 4.98 Å². The van der Waals surface area contributed by atoms with Gasteiger partial charge >= 0.3 is 27.3 Å². The predicted octanol–water partition coefficient (Wildman–Crippen LogP) is -1.88. The van der Waals surface area contributed by atoms with Crippen molar-refractivity contribution in [1.82, 2.24) is 34.0 Å². The number of rotatable bonds is 20. The summed E-state index contributed by atoms with van der Waals surface area (Å²) < 4.78 is 64.3. The average molecular weight is 864 g/mol. The molecule has 1 amide bonds. The molecule has 0 saturated carbocycles. The third-order valence-corrected chi connectivity index (χ3v) is 10.2. The predicted molar refractivity (Wildman–Crippen MR) is 194 cm³/mol. The van der Waals surface area contributed by atoms with Crippen LogP contribution in [-0.4, -0.2) is 147 Å². The Balaban J connectivity index is 1.37. The lowest BCUT2D eigenvalue weighted by Crippen LogP contribution is -2.43. The van der Waals surface area contributed by atoms with Crippen LogP contribution in [0.4, 0.5) is 11.6 Å². The molecule has 9 atom stereocenters. The smallest absolute Gasteiger partial charge is 0.455 e. The van der Waals surface area contributed by atoms with Crippen molar-refractivity contribution in [2.24, 2.45) is 0 Å². The van der Waals surface area contributed by atoms with E-state index in [9.17, 15) is 48.4 Å². The molecule has 3 aromatic rings. The summed E-state index contributed by atoms with van der Waals surface area (Å²) >= 11 is 0. The highest BCUT2D eigenvalue weighted by atomic mass is 31.2. The summed E-state index contributed by atoms with van der Waals surface area (Å²) in [6.45, 7) is 3.26. The summed E-state index contributed by atoms with van der Waals surface area (Å²) in [5, 5.41) is 22.6. The zero-order valence-corrected chi connectivity index (χ0v) is 32.5. The minimum atomic E-state index is -5.39. The Morgan fingerprint density at radius 1 is 1.02 bits per heavy atom. The lowest BCUT2D eigenvalue weighted by Gasteiger charge is -2.26. The second kappa shape index (κ2) is 19.2. The number of aromatic nitrogens is 6. The first-order chi connectivity index (χ1) is 27.4. The van der Waals surface area contributed by atoms with Crippen LogP contribution in [0.2, 0.25) is 0 Å². The molecule has 0 aliphatic carbocycles. The Bertz CT molecular complexity index is 2080. The molecule has 2 aliphatic rings. The highest BCUT2D eigenvalue weighted by molar-refractivity contribution is 7.47. The van der Waals surface area contributed by atoms with E-state index >= 15 is 0 Å². The molecule has 1 unspecified atom stereocenters. The topological polar surface area (TPSA) is 368 Å². The first-order valence-corrected chi connectivity index (χ1v) is 20.4. The van der Waals surface area contributed by atoms with Gasteiger partial charge in [-0.1, -0.05) is 6.08 Å². The second-order valence-electron chi connectivity index (χ2n) is 12.7. The molecule has 3 aromatic heterocycles. The summed E-state index contributed by atoms with van der Waals surface area (Å²) in [5.41, 5.74) is 10.6. The molecular formula is C30H43N9O17P2. The maximum Gasteiger partial charge on any atom is 0.472 e. The molecule has 26 nitrogen and oxygen atoms in total. The molecule has 0 spiro atoms. The number of allylic oxidation sites excluding steroid dienone is 1. The number of anilines is 2. The average Bonchev–Trinajstić information content (AvgIpc) is 3.81. The van der Waals surface area contributed by atoms with E-state index in [1.165, 1.54) is 27.9 Å². The molecule has 0 bridgehead atoms. The third kappa shape index (κ3) is 11.1. The monoisotopic (exact) mass is 863 g/mol. The van der Waals surface area contributed by atoms with Crippen LogP contribution in [-0.2, 0) is 51.2 Å². The molecule has 2 aliphatic heterocycles. The molecule has 0 aromatic carbocycles. The van der Waals surface area contributed by atoms with Crippen molar-refractivity contribution in [3.8, 4) is 0 Å². The number of ether oxygens (including phenoxy) is 4. The van der Waals surface area contributed by atoms with Crippen LogP contribution in [0.5, 0.6) is 0 Å². The van der Waals surface area contributed by atoms with E-state index in [4.69, 9.17) is 39.5 Å². The Labute approximate surface area is 328 Å². The number of phosphoric ester groups is 2. The van der Waals surface area contributed by atoms with E-state index in [1.54, 1.807) is 6.92 Å². The molecule has 0 radical (unpaired) electrons. The summed E-state index contributed by atoms with van der Waals surface area (Å²) in [6.07, 6.45) is -8.38. The number of carbonyl (C=O) groups is 2. The number of nitrogens with two attached hydrogens (primary N) is 2. The molecule has 9 N–H and O–H groups in total. The summed E-state index contributed by atoms with van der Waals surface area (Å²) in [4.78, 5) is 85.0. The van der Waals surface area contributed by atoms with Gasteiger partial charge in [-0.05, 0) is 19.4 Å². The highest BCUT2D eigenvalue weighted by Crippen LogP contribution is 2.50. The van der Waals surface area contributed by atoms with Crippen molar-refractivity contribution in [3.05, 3.63) is 48.1 Å². The van der Waals surface area contributed by atoms with E-state index < -0.39 is 102 Å². The van der Waals surface area contributed by atoms with E-state index in [1.807, 2.05) is 0 Å². The van der Waals surface area contributed by atoms with E-state index in [0.29, 0.717) is 13.0 Å². The number of carbonyl (C=O) groups excluding carboxylic acids is 2. The number of aliphatic hydroxyl groups is 2. The van der Waals surface area contributed by atoms with Crippen LogP contribution in [0.3, 0.4) is 0 Å². The second-order valence-corrected chi connectivity index (χ2v) is 15.3. The van der Waals surface area contributed by atoms with Gasteiger partial charge in [-0.15, -0.1) is 6.58 Å². The number of nitrogens with zero attached hydrogens (tertiary/aromatic N) is 7. The maximum absolute atomic E-state index is 13.5. The van der Waals surface area contributed by atoms with Crippen LogP contribution in [0.25, 0.3) is 11.2 Å². The molecule has 58 heavy (non-hydrogen) atoms. The number of hydrogen-bond donors (Lipinski definition) is 7. The third-order valence-electron chi connectivity index (χ3n) is 8.68. The van der Waals surface area contributed by atoms with Crippen molar-refractivity contribution in [1.29, 1.82) is 0 Å². The van der Waals surface area contributed by atoms with Gasteiger partial charge in [0, 0.05) is 25.8 Å². The van der Waals surface area contributed by atoms with Gasteiger partial charge in [-0.25, -0.2) is 28.9 Å². The summed E-state index contributed by atoms with van der Waals surface area (Å²) in [7, 11) is -10.5. The van der Waals surface area contributed by atoms with Crippen molar-refractivity contribution in [3.63, 3.8) is 0 Å². The summed E-state index contributed by atoms with van der Waals surface area (Å²) in [5.74, 6) is -1.62. The Kier molecular flexibility index (Phi) is 14.8. The van der Waals surface area contributed by atoms with Crippen LogP contribution < -0.4 is 17.2 Å². The van der Waals surface area contributed by atoms with E-state index in [-0.39, 0.29) is 42.4 Å². The van der Waals surface area contributed by atoms with E-state index in [0.717, 1.165) is 17.1 Å². The number of nitrogen functional groups attached to an aromatic ring is 2. The molecule has 2 saturated heterocycles. The largest absolute Gasteiger partial charge is 0.472 e. The molecule has 5 rings (SSSR count). The first kappa shape index (κ1) is 44.8. The molecule has 320 valence electrons. The van der Waals surface area contributed by atoms with Crippen molar-refractivity contribution < 1.29 is 76.1 Å². The quantitative estimate of drug-likeness (QED) is 0.0283. The van der Waals surface area contributed by atoms with Gasteiger partial charge < -0.3 is 60.2 Å². The van der Waals surface area contributed by atoms with Crippen LogP contribution >= 0.6 is 15.6 Å². The summed E-state index contributed by atoms with van der Waals surface area (Å²) in [6, 6.07) is 1.17. The molecule has 2 fully saturated rings. The van der Waals surface area contributed by atoms with Gasteiger partial charge in [0.25, 0.3) is 0 Å². The lowest BCUT2D eigenvalue weighted by molar-refractivity contribution is -0.160. The number of aliphatic hydroxyl groups excluding tert-OH is 2. The van der Waals surface area contributed by atoms with E-state index in [2.05, 4.69) is 31.0 Å². The Morgan fingerprint density at radius 3 is 2.36 bits per heavy atom. The molecule has 5 heterocycles. The molecular weight excluding hydrogens is 820 g/mol. The first-order valence-electron chi connectivity index (χ1n) is 17.4.